The maximum atomic E-state index is 13.4. The van der Waals surface area contributed by atoms with Gasteiger partial charge in [0.1, 0.15) is 6.17 Å². The third-order valence-electron chi connectivity index (χ3n) is 4.46. The van der Waals surface area contributed by atoms with Gasteiger partial charge in [0.2, 0.25) is 0 Å². The monoisotopic (exact) mass is 332 g/mol. The number of rotatable bonds is 2. The molecule has 0 radical (unpaired) electrons. The zero-order chi connectivity index (χ0) is 16.9. The van der Waals surface area contributed by atoms with E-state index in [1.54, 1.807) is 35.2 Å². The summed E-state index contributed by atoms with van der Waals surface area (Å²) in [5.74, 6) is -0.214. The largest absolute Gasteiger partial charge is 0.416 e. The molecule has 1 aliphatic carbocycles. The minimum atomic E-state index is -4.46. The number of nitrogens with zero attached hydrogens (tertiary/aromatic N) is 1. The Morgan fingerprint density at radius 3 is 2.38 bits per heavy atom. The van der Waals surface area contributed by atoms with Crippen molar-refractivity contribution in [2.24, 2.45) is 0 Å². The second-order valence-corrected chi connectivity index (χ2v) is 6.12. The van der Waals surface area contributed by atoms with Crippen LogP contribution >= 0.6 is 0 Å². The molecule has 0 aromatic heterocycles. The first kappa shape index (κ1) is 15.1. The van der Waals surface area contributed by atoms with Crippen LogP contribution in [0, 0.1) is 0 Å². The average Bonchev–Trinajstić information content (AvgIpc) is 3.39. The predicted octanol–water partition coefficient (Wildman–Crippen LogP) is 4.43. The summed E-state index contributed by atoms with van der Waals surface area (Å²) in [6.45, 7) is 0. The highest BCUT2D eigenvalue weighted by Crippen LogP contribution is 2.43. The maximum Gasteiger partial charge on any atom is 0.416 e. The van der Waals surface area contributed by atoms with Crippen LogP contribution in [-0.2, 0) is 6.18 Å². The van der Waals surface area contributed by atoms with E-state index in [0.29, 0.717) is 11.3 Å². The van der Waals surface area contributed by atoms with E-state index in [-0.39, 0.29) is 17.5 Å². The van der Waals surface area contributed by atoms with Crippen LogP contribution in [-0.4, -0.2) is 16.8 Å². The van der Waals surface area contributed by atoms with Gasteiger partial charge in [-0.15, -0.1) is 0 Å². The summed E-state index contributed by atoms with van der Waals surface area (Å²) in [6, 6.07) is 12.4. The topological polar surface area (TPSA) is 32.3 Å². The molecule has 1 unspecified atom stereocenters. The number of halogens is 3. The Hall–Kier alpha value is -2.50. The van der Waals surface area contributed by atoms with Crippen molar-refractivity contribution in [3.63, 3.8) is 0 Å². The maximum absolute atomic E-state index is 13.4. The van der Waals surface area contributed by atoms with Gasteiger partial charge in [-0.1, -0.05) is 30.3 Å². The van der Waals surface area contributed by atoms with Crippen molar-refractivity contribution in [3.05, 3.63) is 65.2 Å². The zero-order valence-corrected chi connectivity index (χ0v) is 12.7. The van der Waals surface area contributed by atoms with Crippen molar-refractivity contribution in [1.82, 2.24) is 4.90 Å². The van der Waals surface area contributed by atoms with Crippen LogP contribution < -0.4 is 5.32 Å². The first-order valence-electron chi connectivity index (χ1n) is 7.81. The van der Waals surface area contributed by atoms with Gasteiger partial charge in [-0.3, -0.25) is 4.79 Å². The van der Waals surface area contributed by atoms with E-state index in [1.807, 2.05) is 0 Å². The quantitative estimate of drug-likeness (QED) is 0.882. The second kappa shape index (κ2) is 5.26. The zero-order valence-electron chi connectivity index (χ0n) is 12.7. The number of amides is 1. The lowest BCUT2D eigenvalue weighted by Crippen LogP contribution is -2.44. The number of benzene rings is 2. The number of carbonyl (C=O) groups is 1. The van der Waals surface area contributed by atoms with Crippen LogP contribution in [0.15, 0.2) is 48.5 Å². The molecule has 1 fully saturated rings. The van der Waals surface area contributed by atoms with Gasteiger partial charge in [-0.25, -0.2) is 0 Å². The number of fused-ring (bicyclic) bond motifs is 1. The molecule has 1 heterocycles. The summed E-state index contributed by atoms with van der Waals surface area (Å²) in [5.41, 5.74) is 0.451. The van der Waals surface area contributed by atoms with Gasteiger partial charge in [-0.05, 0) is 31.0 Å². The fourth-order valence-corrected chi connectivity index (χ4v) is 3.22. The lowest BCUT2D eigenvalue weighted by Gasteiger charge is -2.39. The van der Waals surface area contributed by atoms with Gasteiger partial charge >= 0.3 is 6.18 Å². The summed E-state index contributed by atoms with van der Waals surface area (Å²) in [6.07, 6.45) is -3.63. The van der Waals surface area contributed by atoms with E-state index < -0.39 is 17.9 Å². The summed E-state index contributed by atoms with van der Waals surface area (Å²) in [4.78, 5) is 14.4. The van der Waals surface area contributed by atoms with Crippen LogP contribution in [0.3, 0.4) is 0 Å². The minimum absolute atomic E-state index is 0.00959. The molecule has 124 valence electrons. The smallest absolute Gasteiger partial charge is 0.361 e. The fraction of sp³-hybridized carbons (Fsp3) is 0.278. The van der Waals surface area contributed by atoms with Crippen LogP contribution in [0.2, 0.25) is 0 Å². The normalized spacial score (nSPS) is 20.5. The summed E-state index contributed by atoms with van der Waals surface area (Å²) >= 11 is 0. The SMILES string of the molecule is O=C1c2ccccc2NC(c2ccccc2C(F)(F)F)N1C1CC1. The van der Waals surface area contributed by atoms with E-state index in [0.717, 1.165) is 18.9 Å². The lowest BCUT2D eigenvalue weighted by molar-refractivity contribution is -0.138. The average molecular weight is 332 g/mol. The molecule has 2 aromatic rings. The number of hydrogen-bond acceptors (Lipinski definition) is 2. The fourth-order valence-electron chi connectivity index (χ4n) is 3.22. The van der Waals surface area contributed by atoms with Gasteiger partial charge in [0.05, 0.1) is 11.1 Å². The Bertz CT molecular complexity index is 799. The number of hydrogen-bond donors (Lipinski definition) is 1. The highest BCUT2D eigenvalue weighted by Gasteiger charge is 2.45. The number of alkyl halides is 3. The van der Waals surface area contributed by atoms with Gasteiger partial charge in [0.15, 0.2) is 0 Å². The summed E-state index contributed by atoms with van der Waals surface area (Å²) in [7, 11) is 0. The minimum Gasteiger partial charge on any atom is -0.361 e. The van der Waals surface area contributed by atoms with E-state index in [4.69, 9.17) is 0 Å². The van der Waals surface area contributed by atoms with E-state index in [1.165, 1.54) is 12.1 Å². The van der Waals surface area contributed by atoms with Gasteiger partial charge in [0, 0.05) is 17.3 Å². The van der Waals surface area contributed by atoms with Crippen LogP contribution in [0.25, 0.3) is 0 Å². The van der Waals surface area contributed by atoms with E-state index >= 15 is 0 Å². The van der Waals surface area contributed by atoms with Crippen LogP contribution in [0.1, 0.15) is 40.5 Å². The number of anilines is 1. The molecule has 3 nitrogen and oxygen atoms in total. The highest BCUT2D eigenvalue weighted by molar-refractivity contribution is 6.02. The lowest BCUT2D eigenvalue weighted by atomic mass is 9.99. The Kier molecular flexibility index (Phi) is 3.30. The Morgan fingerprint density at radius 1 is 1.00 bits per heavy atom. The number of carbonyl (C=O) groups excluding carboxylic acids is 1. The van der Waals surface area contributed by atoms with Crippen molar-refractivity contribution in [1.29, 1.82) is 0 Å². The number of nitrogens with one attached hydrogen (secondary N) is 1. The molecule has 0 saturated heterocycles. The predicted molar refractivity (Wildman–Crippen MR) is 83.4 cm³/mol. The summed E-state index contributed by atoms with van der Waals surface area (Å²) in [5, 5.41) is 3.13. The molecular weight excluding hydrogens is 317 g/mol. The molecule has 1 aliphatic heterocycles. The van der Waals surface area contributed by atoms with Gasteiger partial charge < -0.3 is 10.2 Å². The van der Waals surface area contributed by atoms with Crippen molar-refractivity contribution in [3.8, 4) is 0 Å². The van der Waals surface area contributed by atoms with Crippen molar-refractivity contribution in [2.45, 2.75) is 31.2 Å². The molecule has 2 aliphatic rings. The standard InChI is InChI=1S/C18H15F3N2O/c19-18(20,21)14-7-3-1-5-12(14)16-22-15-8-4-2-6-13(15)17(24)23(16)11-9-10-11/h1-8,11,16,22H,9-10H2. The number of para-hydroxylation sites is 1. The Balaban J connectivity index is 1.84. The molecule has 1 atom stereocenters. The third kappa shape index (κ3) is 2.42. The third-order valence-corrected chi connectivity index (χ3v) is 4.46. The first-order valence-corrected chi connectivity index (χ1v) is 7.81. The van der Waals surface area contributed by atoms with Crippen LogP contribution in [0.5, 0.6) is 0 Å². The molecule has 6 heteroatoms. The summed E-state index contributed by atoms with van der Waals surface area (Å²) < 4.78 is 40.2. The van der Waals surface area contributed by atoms with Crippen molar-refractivity contribution < 1.29 is 18.0 Å². The van der Waals surface area contributed by atoms with E-state index in [2.05, 4.69) is 5.32 Å². The molecule has 4 rings (SSSR count). The molecule has 0 spiro atoms. The second-order valence-electron chi connectivity index (χ2n) is 6.12. The highest BCUT2D eigenvalue weighted by atomic mass is 19.4. The molecule has 1 saturated carbocycles. The van der Waals surface area contributed by atoms with Crippen molar-refractivity contribution in [2.75, 3.05) is 5.32 Å². The molecule has 2 aromatic carbocycles. The Labute approximate surface area is 137 Å². The van der Waals surface area contributed by atoms with E-state index in [9.17, 15) is 18.0 Å². The molecular formula is C18H15F3N2O. The first-order chi connectivity index (χ1) is 11.5. The molecule has 0 bridgehead atoms. The molecule has 1 amide bonds. The Morgan fingerprint density at radius 2 is 1.67 bits per heavy atom. The van der Waals surface area contributed by atoms with Gasteiger partial charge in [0.25, 0.3) is 5.91 Å². The van der Waals surface area contributed by atoms with Crippen molar-refractivity contribution >= 4 is 11.6 Å². The van der Waals surface area contributed by atoms with Crippen LogP contribution in [0.4, 0.5) is 18.9 Å². The van der Waals surface area contributed by atoms with Gasteiger partial charge in [-0.2, -0.15) is 13.2 Å². The molecule has 24 heavy (non-hydrogen) atoms. The molecule has 1 N–H and O–H groups in total.